The Bertz CT molecular complexity index is 1120. The first kappa shape index (κ1) is 23.3. The van der Waals surface area contributed by atoms with E-state index in [-0.39, 0.29) is 24.2 Å². The quantitative estimate of drug-likeness (QED) is 0.332. The monoisotopic (exact) mass is 485 g/mol. The zero-order chi connectivity index (χ0) is 23.7. The summed E-state index contributed by atoms with van der Waals surface area (Å²) in [5.41, 5.74) is 0. The average molecular weight is 486 g/mol. The van der Waals surface area contributed by atoms with Crippen LogP contribution in [0.2, 0.25) is 0 Å². The number of halogens is 1. The van der Waals surface area contributed by atoms with E-state index in [0.29, 0.717) is 29.3 Å². The van der Waals surface area contributed by atoms with Crippen molar-refractivity contribution in [3.63, 3.8) is 0 Å². The summed E-state index contributed by atoms with van der Waals surface area (Å²) < 4.78 is 27.5. The fourth-order valence-electron chi connectivity index (χ4n) is 5.60. The zero-order valence-corrected chi connectivity index (χ0v) is 20.8. The second-order valence-corrected chi connectivity index (χ2v) is 11.0. The zero-order valence-electron chi connectivity index (χ0n) is 20.0. The molecule has 2 fully saturated rings. The van der Waals surface area contributed by atoms with Crippen LogP contribution in [0.15, 0.2) is 33.9 Å². The van der Waals surface area contributed by atoms with Gasteiger partial charge in [-0.05, 0) is 62.0 Å². The van der Waals surface area contributed by atoms with Crippen molar-refractivity contribution in [2.24, 2.45) is 23.7 Å². The van der Waals surface area contributed by atoms with Gasteiger partial charge in [0.1, 0.15) is 6.61 Å². The van der Waals surface area contributed by atoms with Crippen LogP contribution in [-0.4, -0.2) is 24.9 Å². The van der Waals surface area contributed by atoms with Crippen LogP contribution in [0.3, 0.4) is 0 Å². The van der Waals surface area contributed by atoms with E-state index in [9.17, 15) is 4.39 Å². The van der Waals surface area contributed by atoms with E-state index < -0.39 is 0 Å². The summed E-state index contributed by atoms with van der Waals surface area (Å²) in [6.07, 6.45) is 6.03. The summed E-state index contributed by atoms with van der Waals surface area (Å²) in [5, 5.41) is 13.9. The molecule has 0 spiro atoms. The number of nitrogens with zero attached hydrogens (tertiary/aromatic N) is 5. The van der Waals surface area contributed by atoms with Gasteiger partial charge in [-0.2, -0.15) is 4.98 Å². The van der Waals surface area contributed by atoms with E-state index in [2.05, 4.69) is 45.7 Å². The highest BCUT2D eigenvalue weighted by atomic mass is 32.2. The highest BCUT2D eigenvalue weighted by Gasteiger charge is 2.43. The fraction of sp³-hybridized carbons (Fsp3) is 0.600. The summed E-state index contributed by atoms with van der Waals surface area (Å²) in [6.45, 7) is 6.69. The lowest BCUT2D eigenvalue weighted by molar-refractivity contribution is 0.215. The Labute approximate surface area is 203 Å². The molecule has 0 saturated heterocycles. The molecule has 4 atom stereocenters. The first-order chi connectivity index (χ1) is 16.5. The molecule has 0 aliphatic heterocycles. The van der Waals surface area contributed by atoms with Crippen molar-refractivity contribution < 1.29 is 13.7 Å². The van der Waals surface area contributed by atoms with Crippen LogP contribution in [0.4, 0.5) is 4.39 Å². The van der Waals surface area contributed by atoms with Crippen molar-refractivity contribution in [1.29, 1.82) is 0 Å². The number of aromatic nitrogens is 5. The number of hydrogen-bond donors (Lipinski definition) is 0. The van der Waals surface area contributed by atoms with Crippen molar-refractivity contribution in [3.8, 4) is 5.75 Å². The topological polar surface area (TPSA) is 78.9 Å². The van der Waals surface area contributed by atoms with Crippen molar-refractivity contribution in [3.05, 3.63) is 47.6 Å². The van der Waals surface area contributed by atoms with Crippen LogP contribution < -0.4 is 4.74 Å². The van der Waals surface area contributed by atoms with Crippen LogP contribution in [-0.2, 0) is 18.8 Å². The van der Waals surface area contributed by atoms with Gasteiger partial charge in [0.25, 0.3) is 0 Å². The normalized spacial score (nSPS) is 22.6. The van der Waals surface area contributed by atoms with Gasteiger partial charge in [-0.15, -0.1) is 10.2 Å². The number of ether oxygens (including phenoxy) is 1. The van der Waals surface area contributed by atoms with Crippen LogP contribution >= 0.6 is 11.8 Å². The number of rotatable bonds is 10. The van der Waals surface area contributed by atoms with E-state index in [4.69, 9.17) is 9.26 Å². The molecule has 0 N–H and O–H groups in total. The van der Waals surface area contributed by atoms with Crippen molar-refractivity contribution >= 4 is 11.8 Å². The van der Waals surface area contributed by atoms with Crippen LogP contribution in [0.25, 0.3) is 0 Å². The third-order valence-corrected chi connectivity index (χ3v) is 8.11. The van der Waals surface area contributed by atoms with Gasteiger partial charge in [0, 0.05) is 12.5 Å². The summed E-state index contributed by atoms with van der Waals surface area (Å²) >= 11 is 1.56. The molecule has 5 rings (SSSR count). The van der Waals surface area contributed by atoms with Gasteiger partial charge in [0.15, 0.2) is 28.4 Å². The molecule has 182 valence electrons. The molecule has 0 unspecified atom stereocenters. The Morgan fingerprint density at radius 2 is 2.03 bits per heavy atom. The minimum absolute atomic E-state index is 0.167. The molecule has 2 aliphatic carbocycles. The molecular formula is C25H32FN5O2S. The van der Waals surface area contributed by atoms with E-state index in [1.807, 2.05) is 0 Å². The van der Waals surface area contributed by atoms with Gasteiger partial charge < -0.3 is 9.26 Å². The molecule has 9 heteroatoms. The molecule has 2 bridgehead atoms. The molecular weight excluding hydrogens is 453 g/mol. The van der Waals surface area contributed by atoms with E-state index >= 15 is 0 Å². The minimum atomic E-state index is -0.376. The Morgan fingerprint density at radius 1 is 1.18 bits per heavy atom. The molecule has 0 radical (unpaired) electrons. The molecule has 2 heterocycles. The van der Waals surface area contributed by atoms with Gasteiger partial charge in [0.05, 0.1) is 5.75 Å². The van der Waals surface area contributed by atoms with Gasteiger partial charge >= 0.3 is 0 Å². The third-order valence-electron chi connectivity index (χ3n) is 7.17. The molecule has 2 saturated carbocycles. The summed E-state index contributed by atoms with van der Waals surface area (Å²) in [6, 6.07) is 6.70. The number of thioether (sulfide) groups is 1. The molecule has 34 heavy (non-hydrogen) atoms. The third kappa shape index (κ3) is 4.99. The van der Waals surface area contributed by atoms with Crippen LogP contribution in [0, 0.1) is 29.5 Å². The molecule has 1 aromatic carbocycles. The Morgan fingerprint density at radius 3 is 2.76 bits per heavy atom. The van der Waals surface area contributed by atoms with Crippen molar-refractivity contribution in [2.45, 2.75) is 76.4 Å². The maximum atomic E-state index is 14.1. The minimum Gasteiger partial charge on any atom is -0.483 e. The maximum absolute atomic E-state index is 14.1. The lowest BCUT2D eigenvalue weighted by atomic mass is 9.84. The summed E-state index contributed by atoms with van der Waals surface area (Å²) in [4.78, 5) is 4.52. The molecule has 0 amide bonds. The smallest absolute Gasteiger partial charge is 0.226 e. The number of fused-ring (bicyclic) bond motifs is 2. The van der Waals surface area contributed by atoms with Crippen molar-refractivity contribution in [2.75, 3.05) is 0 Å². The van der Waals surface area contributed by atoms with Gasteiger partial charge in [-0.25, -0.2) is 4.39 Å². The Hall–Kier alpha value is -2.42. The average Bonchev–Trinajstić information content (AvgIpc) is 3.61. The molecule has 3 aromatic rings. The van der Waals surface area contributed by atoms with Gasteiger partial charge in [-0.1, -0.05) is 49.3 Å². The molecule has 2 aromatic heterocycles. The largest absolute Gasteiger partial charge is 0.483 e. The predicted molar refractivity (Wildman–Crippen MR) is 127 cm³/mol. The number of para-hydroxylation sites is 1. The van der Waals surface area contributed by atoms with E-state index in [1.165, 1.54) is 31.7 Å². The lowest BCUT2D eigenvalue weighted by Gasteiger charge is -2.30. The second-order valence-electron chi connectivity index (χ2n) is 10.1. The standard InChI is InChI=1S/C25H32FN5O2S/c1-15(2)10-24-27-22(30-33-24)14-34-25-29-28-23(13-32-21-7-5-4-6-20(21)26)31(25)16(3)19-12-17-8-9-18(19)11-17/h4-7,15-19H,8-14H2,1-3H3/t16-,17-,18-,19+/m0/s1. The number of benzene rings is 1. The summed E-state index contributed by atoms with van der Waals surface area (Å²) in [5.74, 6) is 5.12. The maximum Gasteiger partial charge on any atom is 0.226 e. The second kappa shape index (κ2) is 10.1. The number of hydrogen-bond acceptors (Lipinski definition) is 7. The first-order valence-corrected chi connectivity index (χ1v) is 13.2. The van der Waals surface area contributed by atoms with Gasteiger partial charge in [-0.3, -0.25) is 4.57 Å². The molecule has 7 nitrogen and oxygen atoms in total. The van der Waals surface area contributed by atoms with E-state index in [1.54, 1.807) is 30.0 Å². The summed E-state index contributed by atoms with van der Waals surface area (Å²) in [7, 11) is 0. The highest BCUT2D eigenvalue weighted by molar-refractivity contribution is 7.98. The molecule has 2 aliphatic rings. The SMILES string of the molecule is CC(C)Cc1nc(CSc2nnc(COc3ccccc3F)n2[C@@H](C)[C@H]2C[C@H]3CC[C@H]2C3)no1. The fourth-order valence-corrected chi connectivity index (χ4v) is 6.49. The Kier molecular flexibility index (Phi) is 6.90. The van der Waals surface area contributed by atoms with Crippen LogP contribution in [0.5, 0.6) is 5.75 Å². The van der Waals surface area contributed by atoms with E-state index in [0.717, 1.165) is 29.2 Å². The Balaban J connectivity index is 1.34. The van der Waals surface area contributed by atoms with Gasteiger partial charge in [0.2, 0.25) is 5.89 Å². The van der Waals surface area contributed by atoms with Crippen molar-refractivity contribution in [1.82, 2.24) is 24.9 Å². The highest BCUT2D eigenvalue weighted by Crippen LogP contribution is 2.52. The predicted octanol–water partition coefficient (Wildman–Crippen LogP) is 5.87. The lowest BCUT2D eigenvalue weighted by Crippen LogP contribution is -2.24. The van der Waals surface area contributed by atoms with Crippen LogP contribution in [0.1, 0.15) is 70.0 Å². The first-order valence-electron chi connectivity index (χ1n) is 12.2.